The summed E-state index contributed by atoms with van der Waals surface area (Å²) in [5, 5.41) is 21.0. The van der Waals surface area contributed by atoms with Crippen LogP contribution in [-0.2, 0) is 37.5 Å². The van der Waals surface area contributed by atoms with Crippen molar-refractivity contribution in [2.75, 3.05) is 11.1 Å². The maximum Gasteiger partial charge on any atom is 0.303 e. The van der Waals surface area contributed by atoms with Gasteiger partial charge in [-0.3, -0.25) is 9.59 Å². The molecule has 3 aromatic rings. The number of benzene rings is 2. The predicted molar refractivity (Wildman–Crippen MR) is 136 cm³/mol. The molecule has 196 valence electrons. The van der Waals surface area contributed by atoms with Crippen LogP contribution in [0.1, 0.15) is 49.4 Å². The van der Waals surface area contributed by atoms with E-state index in [1.807, 2.05) is 41.9 Å². The summed E-state index contributed by atoms with van der Waals surface area (Å²) in [6.07, 6.45) is 0.310. The number of esters is 1. The Morgan fingerprint density at radius 1 is 1.22 bits per heavy atom. The molecule has 37 heavy (non-hydrogen) atoms. The van der Waals surface area contributed by atoms with Gasteiger partial charge in [0, 0.05) is 37.4 Å². The zero-order valence-electron chi connectivity index (χ0n) is 20.9. The van der Waals surface area contributed by atoms with E-state index in [0.717, 1.165) is 21.8 Å². The number of nitrogens with one attached hydrogen (secondary N) is 1. The number of ether oxygens (including phenoxy) is 3. The van der Waals surface area contributed by atoms with Crippen LogP contribution in [-0.4, -0.2) is 49.7 Å². The number of nitrogens with zero attached hydrogens (tertiary/aromatic N) is 3. The number of rotatable bonds is 9. The van der Waals surface area contributed by atoms with Gasteiger partial charge in [0.2, 0.25) is 0 Å². The number of aliphatic hydroxyl groups excluding tert-OH is 1. The fourth-order valence-electron chi connectivity index (χ4n) is 3.90. The van der Waals surface area contributed by atoms with Crippen molar-refractivity contribution < 1.29 is 28.9 Å². The molecule has 0 radical (unpaired) electrons. The number of thioether (sulfide) groups is 1. The van der Waals surface area contributed by atoms with Gasteiger partial charge in [-0.1, -0.05) is 48.2 Å². The number of aliphatic hydroxyl groups is 1. The van der Waals surface area contributed by atoms with Gasteiger partial charge < -0.3 is 29.2 Å². The van der Waals surface area contributed by atoms with E-state index in [4.69, 9.17) is 14.2 Å². The quantitative estimate of drug-likeness (QED) is 0.318. The van der Waals surface area contributed by atoms with Crippen molar-refractivity contribution in [1.29, 1.82) is 0 Å². The summed E-state index contributed by atoms with van der Waals surface area (Å²) in [6, 6.07) is 14.9. The van der Waals surface area contributed by atoms with E-state index in [0.29, 0.717) is 17.9 Å². The molecule has 1 amide bonds. The first-order valence-electron chi connectivity index (χ1n) is 11.9. The second-order valence-corrected chi connectivity index (χ2v) is 9.74. The molecule has 10 nitrogen and oxygen atoms in total. The van der Waals surface area contributed by atoms with E-state index in [1.165, 1.54) is 13.8 Å². The molecule has 4 rings (SSSR count). The summed E-state index contributed by atoms with van der Waals surface area (Å²) in [7, 11) is 1.89. The lowest BCUT2D eigenvalue weighted by Crippen LogP contribution is -2.31. The van der Waals surface area contributed by atoms with Crippen LogP contribution in [0.25, 0.3) is 0 Å². The summed E-state index contributed by atoms with van der Waals surface area (Å²) < 4.78 is 19.5. The highest BCUT2D eigenvalue weighted by atomic mass is 32.2. The average Bonchev–Trinajstić information content (AvgIpc) is 3.31. The molecule has 2 heterocycles. The van der Waals surface area contributed by atoms with Crippen molar-refractivity contribution >= 4 is 29.3 Å². The number of anilines is 1. The van der Waals surface area contributed by atoms with Gasteiger partial charge in [0.15, 0.2) is 17.6 Å². The van der Waals surface area contributed by atoms with Crippen molar-refractivity contribution in [3.05, 3.63) is 71.5 Å². The predicted octanol–water partition coefficient (Wildman–Crippen LogP) is 3.54. The minimum absolute atomic E-state index is 0.0247. The van der Waals surface area contributed by atoms with Crippen LogP contribution in [0.5, 0.6) is 0 Å². The second kappa shape index (κ2) is 12.3. The Morgan fingerprint density at radius 3 is 2.68 bits per heavy atom. The van der Waals surface area contributed by atoms with Crippen LogP contribution in [0.2, 0.25) is 0 Å². The van der Waals surface area contributed by atoms with Gasteiger partial charge in [-0.05, 0) is 30.2 Å². The van der Waals surface area contributed by atoms with Crippen molar-refractivity contribution in [2.45, 2.75) is 56.6 Å². The number of aromatic nitrogens is 3. The molecule has 1 aliphatic rings. The molecule has 2 N–H and O–H groups in total. The molecular weight excluding hydrogens is 496 g/mol. The van der Waals surface area contributed by atoms with E-state index in [2.05, 4.69) is 15.5 Å². The molecule has 2 aromatic carbocycles. The highest BCUT2D eigenvalue weighted by Gasteiger charge is 2.32. The molecule has 0 unspecified atom stereocenters. The lowest BCUT2D eigenvalue weighted by atomic mass is 10.0. The fraction of sp³-hybridized carbons (Fsp3) is 0.385. The monoisotopic (exact) mass is 526 g/mol. The summed E-state index contributed by atoms with van der Waals surface area (Å²) in [6.45, 7) is 2.75. The Kier molecular flexibility index (Phi) is 8.93. The summed E-state index contributed by atoms with van der Waals surface area (Å²) in [5.41, 5.74) is 3.09. The van der Waals surface area contributed by atoms with Gasteiger partial charge >= 0.3 is 5.97 Å². The van der Waals surface area contributed by atoms with Crippen molar-refractivity contribution in [3.8, 4) is 0 Å². The Hall–Kier alpha value is -3.25. The Labute approximate surface area is 219 Å². The van der Waals surface area contributed by atoms with Gasteiger partial charge in [0.25, 0.3) is 5.91 Å². The number of amides is 1. The van der Waals surface area contributed by atoms with Crippen LogP contribution in [0.15, 0.2) is 60.0 Å². The topological polar surface area (TPSA) is 125 Å². The van der Waals surface area contributed by atoms with Crippen LogP contribution in [0, 0.1) is 0 Å². The number of carbonyl (C=O) groups is 2. The van der Waals surface area contributed by atoms with Crippen molar-refractivity contribution in [2.24, 2.45) is 7.05 Å². The number of carbonyl (C=O) groups excluding carboxylic acids is 2. The van der Waals surface area contributed by atoms with Crippen LogP contribution in [0.4, 0.5) is 5.69 Å². The number of aryl methyl sites for hydroxylation is 1. The third-order valence-electron chi connectivity index (χ3n) is 5.82. The molecule has 0 spiro atoms. The Morgan fingerprint density at radius 2 is 2.00 bits per heavy atom. The first-order chi connectivity index (χ1) is 17.8. The van der Waals surface area contributed by atoms with Gasteiger partial charge in [-0.15, -0.1) is 10.2 Å². The van der Waals surface area contributed by atoms with Crippen LogP contribution < -0.4 is 5.32 Å². The number of hydrogen-bond acceptors (Lipinski definition) is 9. The van der Waals surface area contributed by atoms with E-state index < -0.39 is 24.3 Å². The van der Waals surface area contributed by atoms with E-state index in [9.17, 15) is 14.7 Å². The summed E-state index contributed by atoms with van der Waals surface area (Å²) in [5.74, 6) is -0.310. The molecule has 1 saturated heterocycles. The highest BCUT2D eigenvalue weighted by molar-refractivity contribution is 7.99. The maximum atomic E-state index is 12.4. The normalized spacial score (nSPS) is 20.3. The molecule has 4 atom stereocenters. The Bertz CT molecular complexity index is 1220. The third kappa shape index (κ3) is 7.16. The second-order valence-electron chi connectivity index (χ2n) is 8.75. The lowest BCUT2D eigenvalue weighted by Gasteiger charge is -2.36. The minimum Gasteiger partial charge on any atom is -0.453 e. The van der Waals surface area contributed by atoms with Crippen molar-refractivity contribution in [1.82, 2.24) is 14.8 Å². The summed E-state index contributed by atoms with van der Waals surface area (Å²) >= 11 is 1.56. The maximum absolute atomic E-state index is 12.4. The minimum atomic E-state index is -0.920. The summed E-state index contributed by atoms with van der Waals surface area (Å²) in [4.78, 5) is 23.6. The largest absolute Gasteiger partial charge is 0.453 e. The van der Waals surface area contributed by atoms with Gasteiger partial charge in [-0.25, -0.2) is 0 Å². The van der Waals surface area contributed by atoms with E-state index >= 15 is 0 Å². The lowest BCUT2D eigenvalue weighted by molar-refractivity contribution is -0.245. The third-order valence-corrected chi connectivity index (χ3v) is 6.99. The fourth-order valence-corrected chi connectivity index (χ4v) is 4.81. The van der Waals surface area contributed by atoms with Crippen LogP contribution >= 0.6 is 11.8 Å². The van der Waals surface area contributed by atoms with Gasteiger partial charge in [-0.2, -0.15) is 0 Å². The van der Waals surface area contributed by atoms with Crippen molar-refractivity contribution in [3.63, 3.8) is 0 Å². The van der Waals surface area contributed by atoms with Crippen LogP contribution in [0.3, 0.4) is 0 Å². The zero-order chi connectivity index (χ0) is 26.4. The zero-order valence-corrected chi connectivity index (χ0v) is 21.7. The molecule has 11 heteroatoms. The smallest absolute Gasteiger partial charge is 0.303 e. The standard InChI is InChI=1S/C26H30N4O6S/c1-16(34-17(2)32)24(33)28-21-6-4-5-20(11-21)25-35-22(14-37-26-29-27-15-30(26)3)12-23(36-25)19-9-7-18(13-31)8-10-19/h4-11,15-16,22-23,25,31H,12-14H2,1-3H3,(H,28,33)/t16-,22+,23-,25-/m0/s1. The van der Waals surface area contributed by atoms with E-state index in [-0.39, 0.29) is 18.8 Å². The van der Waals surface area contributed by atoms with Gasteiger partial charge in [0.1, 0.15) is 6.33 Å². The SMILES string of the molecule is CC(=O)O[C@@H](C)C(=O)Nc1cccc([C@H]2O[C@@H](CSc3nncn3C)C[C@@H](c3ccc(CO)cc3)O2)c1. The molecule has 0 bridgehead atoms. The first kappa shape index (κ1) is 26.8. The first-order valence-corrected chi connectivity index (χ1v) is 12.9. The molecule has 1 aromatic heterocycles. The molecule has 1 aliphatic heterocycles. The molecule has 0 aliphatic carbocycles. The number of hydrogen-bond donors (Lipinski definition) is 2. The Balaban J connectivity index is 1.52. The van der Waals surface area contributed by atoms with E-state index in [1.54, 1.807) is 36.3 Å². The van der Waals surface area contributed by atoms with Gasteiger partial charge in [0.05, 0.1) is 18.8 Å². The molecule has 1 fully saturated rings. The molecule has 0 saturated carbocycles. The average molecular weight is 527 g/mol. The molecular formula is C26H30N4O6S. The highest BCUT2D eigenvalue weighted by Crippen LogP contribution is 2.39.